The largest absolute Gasteiger partial charge is 0.372 e. The molecule has 1 atom stereocenters. The quantitative estimate of drug-likeness (QED) is 0.795. The number of nitrogens with zero attached hydrogens (tertiary/aromatic N) is 2. The molecule has 2 heterocycles. The van der Waals surface area contributed by atoms with E-state index in [1.807, 2.05) is 7.05 Å². The van der Waals surface area contributed by atoms with Crippen molar-refractivity contribution >= 4 is 38.2 Å². The first-order chi connectivity index (χ1) is 8.84. The van der Waals surface area contributed by atoms with Gasteiger partial charge >= 0.3 is 0 Å². The van der Waals surface area contributed by atoms with Gasteiger partial charge in [0.15, 0.2) is 9.84 Å². The van der Waals surface area contributed by atoms with Crippen LogP contribution in [0.15, 0.2) is 0 Å². The fourth-order valence-corrected chi connectivity index (χ4v) is 5.08. The Morgan fingerprint density at radius 2 is 2.05 bits per heavy atom. The van der Waals surface area contributed by atoms with Crippen molar-refractivity contribution in [3.8, 4) is 0 Å². The number of sulfone groups is 1. The summed E-state index contributed by atoms with van der Waals surface area (Å²) in [6.45, 7) is 4.16. The van der Waals surface area contributed by atoms with Crippen LogP contribution in [-0.2, 0) is 9.84 Å². The Morgan fingerprint density at radius 3 is 2.53 bits per heavy atom. The zero-order chi connectivity index (χ0) is 14.2. The molecular formula is C12H18IN3O2S. The maximum Gasteiger partial charge on any atom is 0.151 e. The predicted molar refractivity (Wildman–Crippen MR) is 84.4 cm³/mol. The van der Waals surface area contributed by atoms with Gasteiger partial charge in [0.25, 0.3) is 0 Å². The van der Waals surface area contributed by atoms with Gasteiger partial charge in [0.1, 0.15) is 11.6 Å². The maximum atomic E-state index is 11.6. The molecule has 1 fully saturated rings. The van der Waals surface area contributed by atoms with Crippen LogP contribution in [0, 0.1) is 3.57 Å². The standard InChI is InChI=1S/C12H18IN3O2S/c1-7(2)10-9(13)12(14-3)16-11(15-10)8-4-5-19(17,18)6-8/h7-8H,4-6H2,1-3H3,(H,14,15,16). The third-order valence-corrected chi connectivity index (χ3v) is 6.11. The summed E-state index contributed by atoms with van der Waals surface area (Å²) in [5, 5.41) is 3.07. The first-order valence-electron chi connectivity index (χ1n) is 6.29. The van der Waals surface area contributed by atoms with Gasteiger partial charge in [0, 0.05) is 13.0 Å². The van der Waals surface area contributed by atoms with Crippen LogP contribution in [0.3, 0.4) is 0 Å². The molecule has 0 saturated carbocycles. The second-order valence-electron chi connectivity index (χ2n) is 5.13. The molecule has 7 heteroatoms. The normalized spacial score (nSPS) is 21.8. The molecule has 1 unspecified atom stereocenters. The Hall–Kier alpha value is -0.440. The van der Waals surface area contributed by atoms with Crippen LogP contribution in [0.5, 0.6) is 0 Å². The summed E-state index contributed by atoms with van der Waals surface area (Å²) in [5.41, 5.74) is 0.985. The third kappa shape index (κ3) is 3.18. The Bertz CT molecular complexity index is 587. The fourth-order valence-electron chi connectivity index (χ4n) is 2.21. The van der Waals surface area contributed by atoms with Gasteiger partial charge in [0.2, 0.25) is 0 Å². The van der Waals surface area contributed by atoms with Gasteiger partial charge in [-0.05, 0) is 34.9 Å². The van der Waals surface area contributed by atoms with Gasteiger partial charge in [-0.15, -0.1) is 0 Å². The lowest BCUT2D eigenvalue weighted by Gasteiger charge is -2.15. The maximum absolute atomic E-state index is 11.6. The second-order valence-corrected chi connectivity index (χ2v) is 8.44. The van der Waals surface area contributed by atoms with Gasteiger partial charge in [-0.3, -0.25) is 0 Å². The number of hydrogen-bond acceptors (Lipinski definition) is 5. The summed E-state index contributed by atoms with van der Waals surface area (Å²) in [6.07, 6.45) is 0.629. The van der Waals surface area contributed by atoms with Crippen LogP contribution in [0.4, 0.5) is 5.82 Å². The molecule has 106 valence electrons. The Morgan fingerprint density at radius 1 is 1.37 bits per heavy atom. The molecule has 1 aliphatic heterocycles. The molecule has 1 saturated heterocycles. The fraction of sp³-hybridized carbons (Fsp3) is 0.667. The summed E-state index contributed by atoms with van der Waals surface area (Å²) in [5.74, 6) is 2.10. The zero-order valence-corrected chi connectivity index (χ0v) is 14.2. The SMILES string of the molecule is CNc1nc(C2CCS(=O)(=O)C2)nc(C(C)C)c1I. The number of nitrogens with one attached hydrogen (secondary N) is 1. The van der Waals surface area contributed by atoms with Gasteiger partial charge < -0.3 is 5.32 Å². The molecule has 0 radical (unpaired) electrons. The summed E-state index contributed by atoms with van der Waals surface area (Å²) >= 11 is 2.24. The first-order valence-corrected chi connectivity index (χ1v) is 9.19. The average Bonchev–Trinajstić information content (AvgIpc) is 2.69. The molecule has 1 aromatic rings. The molecule has 2 rings (SSSR count). The first kappa shape index (κ1) is 15.0. The molecule has 1 N–H and O–H groups in total. The minimum absolute atomic E-state index is 0.0633. The highest BCUT2D eigenvalue weighted by Crippen LogP contribution is 2.31. The lowest BCUT2D eigenvalue weighted by molar-refractivity contribution is 0.601. The van der Waals surface area contributed by atoms with Crippen molar-refractivity contribution in [1.29, 1.82) is 0 Å². The van der Waals surface area contributed by atoms with Crippen LogP contribution in [-0.4, -0.2) is 36.9 Å². The summed E-state index contributed by atoms with van der Waals surface area (Å²) in [4.78, 5) is 9.09. The predicted octanol–water partition coefficient (Wildman–Crippen LogP) is 2.15. The van der Waals surface area contributed by atoms with E-state index in [1.165, 1.54) is 0 Å². The molecule has 1 aliphatic rings. The number of aromatic nitrogens is 2. The van der Waals surface area contributed by atoms with Gasteiger partial charge in [0.05, 0.1) is 20.8 Å². The van der Waals surface area contributed by atoms with Gasteiger partial charge in [-0.1, -0.05) is 13.8 Å². The Balaban J connectivity index is 2.44. The van der Waals surface area contributed by atoms with Crippen LogP contribution >= 0.6 is 22.6 Å². The lowest BCUT2D eigenvalue weighted by Crippen LogP contribution is -2.13. The van der Waals surface area contributed by atoms with Crippen molar-refractivity contribution in [2.24, 2.45) is 0 Å². The number of rotatable bonds is 3. The molecule has 0 aromatic carbocycles. The van der Waals surface area contributed by atoms with Crippen LogP contribution < -0.4 is 5.32 Å². The zero-order valence-electron chi connectivity index (χ0n) is 11.3. The van der Waals surface area contributed by atoms with E-state index in [9.17, 15) is 8.42 Å². The monoisotopic (exact) mass is 395 g/mol. The molecule has 0 spiro atoms. The third-order valence-electron chi connectivity index (χ3n) is 3.28. The average molecular weight is 395 g/mol. The summed E-state index contributed by atoms with van der Waals surface area (Å²) < 4.78 is 24.2. The van der Waals surface area contributed by atoms with Crippen molar-refractivity contribution in [2.45, 2.75) is 32.1 Å². The van der Waals surface area contributed by atoms with E-state index in [0.717, 1.165) is 15.1 Å². The van der Waals surface area contributed by atoms with Gasteiger partial charge in [-0.2, -0.15) is 0 Å². The van der Waals surface area contributed by atoms with Gasteiger partial charge in [-0.25, -0.2) is 18.4 Å². The molecule has 1 aromatic heterocycles. The topological polar surface area (TPSA) is 72.0 Å². The van der Waals surface area contributed by atoms with E-state index in [1.54, 1.807) is 0 Å². The number of anilines is 1. The second kappa shape index (κ2) is 5.51. The smallest absolute Gasteiger partial charge is 0.151 e. The van der Waals surface area contributed by atoms with Crippen LogP contribution in [0.1, 0.15) is 43.6 Å². The van der Waals surface area contributed by atoms with E-state index in [2.05, 4.69) is 51.7 Å². The van der Waals surface area contributed by atoms with Crippen molar-refractivity contribution in [3.05, 3.63) is 15.1 Å². The van der Waals surface area contributed by atoms with E-state index in [4.69, 9.17) is 0 Å². The molecule has 19 heavy (non-hydrogen) atoms. The highest BCUT2D eigenvalue weighted by Gasteiger charge is 2.32. The van der Waals surface area contributed by atoms with E-state index in [0.29, 0.717) is 18.2 Å². The van der Waals surface area contributed by atoms with E-state index >= 15 is 0 Å². The summed E-state index contributed by atoms with van der Waals surface area (Å²) in [6, 6.07) is 0. The molecular weight excluding hydrogens is 377 g/mol. The highest BCUT2D eigenvalue weighted by atomic mass is 127. The van der Waals surface area contributed by atoms with Crippen molar-refractivity contribution in [3.63, 3.8) is 0 Å². The number of hydrogen-bond donors (Lipinski definition) is 1. The molecule has 0 amide bonds. The van der Waals surface area contributed by atoms with E-state index < -0.39 is 9.84 Å². The Labute approximate surface area is 127 Å². The minimum atomic E-state index is -2.91. The van der Waals surface area contributed by atoms with Crippen molar-refractivity contribution < 1.29 is 8.42 Å². The molecule has 0 aliphatic carbocycles. The number of halogens is 1. The van der Waals surface area contributed by atoms with Crippen molar-refractivity contribution in [1.82, 2.24) is 9.97 Å². The molecule has 5 nitrogen and oxygen atoms in total. The van der Waals surface area contributed by atoms with Crippen LogP contribution in [0.2, 0.25) is 0 Å². The van der Waals surface area contributed by atoms with E-state index in [-0.39, 0.29) is 17.4 Å². The minimum Gasteiger partial charge on any atom is -0.372 e. The summed E-state index contributed by atoms with van der Waals surface area (Å²) in [7, 11) is -1.09. The van der Waals surface area contributed by atoms with Crippen molar-refractivity contribution in [2.75, 3.05) is 23.9 Å². The Kier molecular flexibility index (Phi) is 4.34. The highest BCUT2D eigenvalue weighted by molar-refractivity contribution is 14.1. The molecule has 0 bridgehead atoms. The lowest BCUT2D eigenvalue weighted by atomic mass is 10.1. The van der Waals surface area contributed by atoms with Crippen LogP contribution in [0.25, 0.3) is 0 Å².